The molecule has 0 fully saturated rings. The van der Waals surface area contributed by atoms with Gasteiger partial charge in [0.1, 0.15) is 5.82 Å². The molecule has 1 aromatic carbocycles. The lowest BCUT2D eigenvalue weighted by atomic mass is 10.2. The number of hydrogen-bond donors (Lipinski definition) is 1. The molecule has 5 heteroatoms. The van der Waals surface area contributed by atoms with Crippen LogP contribution in [0.5, 0.6) is 0 Å². The molecule has 96 valence electrons. The summed E-state index contributed by atoms with van der Waals surface area (Å²) >= 11 is 5.60. The zero-order valence-electron chi connectivity index (χ0n) is 10.0. The Kier molecular flexibility index (Phi) is 6.44. The summed E-state index contributed by atoms with van der Waals surface area (Å²) in [5, 5.41) is 3.31. The maximum absolute atomic E-state index is 13.1. The van der Waals surface area contributed by atoms with Gasteiger partial charge in [-0.1, -0.05) is 17.7 Å². The quantitative estimate of drug-likeness (QED) is 0.817. The van der Waals surface area contributed by atoms with Crippen LogP contribution in [-0.4, -0.2) is 33.5 Å². The fraction of sp³-hybridized carbons (Fsp3) is 0.500. The molecule has 0 aliphatic carbocycles. The molecule has 0 aliphatic heterocycles. The first-order valence-electron chi connectivity index (χ1n) is 5.33. The molecule has 0 aromatic heterocycles. The number of benzene rings is 1. The molecule has 3 nitrogen and oxygen atoms in total. The van der Waals surface area contributed by atoms with Crippen LogP contribution < -0.4 is 5.32 Å². The molecule has 0 spiro atoms. The first-order valence-corrected chi connectivity index (χ1v) is 5.71. The van der Waals surface area contributed by atoms with Gasteiger partial charge in [0.15, 0.2) is 0 Å². The van der Waals surface area contributed by atoms with Crippen LogP contribution in [-0.2, 0) is 16.0 Å². The lowest BCUT2D eigenvalue weighted by Crippen LogP contribution is -2.31. The van der Waals surface area contributed by atoms with Crippen LogP contribution >= 0.6 is 11.6 Å². The minimum Gasteiger partial charge on any atom is -0.382 e. The Hall–Kier alpha value is -0.680. The second-order valence-corrected chi connectivity index (χ2v) is 4.10. The van der Waals surface area contributed by atoms with E-state index in [1.54, 1.807) is 26.4 Å². The van der Waals surface area contributed by atoms with E-state index in [1.165, 1.54) is 6.07 Å². The molecule has 0 saturated carbocycles. The van der Waals surface area contributed by atoms with Gasteiger partial charge in [-0.2, -0.15) is 0 Å². The summed E-state index contributed by atoms with van der Waals surface area (Å²) < 4.78 is 23.3. The van der Waals surface area contributed by atoms with Crippen molar-refractivity contribution in [3.63, 3.8) is 0 Å². The average Bonchev–Trinajstić information content (AvgIpc) is 2.32. The van der Waals surface area contributed by atoms with Gasteiger partial charge in [-0.15, -0.1) is 0 Å². The summed E-state index contributed by atoms with van der Waals surface area (Å²) in [6.45, 7) is 1.74. The fourth-order valence-corrected chi connectivity index (χ4v) is 1.54. The zero-order chi connectivity index (χ0) is 12.7. The zero-order valence-corrected chi connectivity index (χ0v) is 10.8. The van der Waals surface area contributed by atoms with E-state index >= 15 is 0 Å². The molecule has 0 radical (unpaired) electrons. The average molecular weight is 262 g/mol. The van der Waals surface area contributed by atoms with Crippen LogP contribution in [0.15, 0.2) is 18.2 Å². The predicted molar refractivity (Wildman–Crippen MR) is 65.8 cm³/mol. The Balaban J connectivity index is 2.37. The van der Waals surface area contributed by atoms with E-state index in [-0.39, 0.29) is 11.1 Å². The molecule has 1 rings (SSSR count). The predicted octanol–water partition coefficient (Wildman–Crippen LogP) is 2.23. The van der Waals surface area contributed by atoms with Crippen molar-refractivity contribution in [3.8, 4) is 0 Å². The van der Waals surface area contributed by atoms with Crippen molar-refractivity contribution in [1.29, 1.82) is 0 Å². The third-order valence-corrected chi connectivity index (χ3v) is 2.68. The molecule has 0 aliphatic rings. The van der Waals surface area contributed by atoms with Gasteiger partial charge < -0.3 is 14.8 Å². The molecule has 0 saturated heterocycles. The summed E-state index contributed by atoms with van der Waals surface area (Å²) in [4.78, 5) is 0. The Morgan fingerprint density at radius 2 is 2.18 bits per heavy atom. The Labute approximate surface area is 106 Å². The van der Waals surface area contributed by atoms with E-state index in [4.69, 9.17) is 21.1 Å². The van der Waals surface area contributed by atoms with Crippen LogP contribution in [0.1, 0.15) is 5.56 Å². The van der Waals surface area contributed by atoms with Crippen molar-refractivity contribution in [3.05, 3.63) is 34.6 Å². The Morgan fingerprint density at radius 3 is 2.76 bits per heavy atom. The van der Waals surface area contributed by atoms with Gasteiger partial charge in [0, 0.05) is 27.3 Å². The van der Waals surface area contributed by atoms with Crippen molar-refractivity contribution < 1.29 is 13.9 Å². The van der Waals surface area contributed by atoms with Gasteiger partial charge >= 0.3 is 0 Å². The summed E-state index contributed by atoms with van der Waals surface area (Å²) in [5.41, 5.74) is 0.846. The highest BCUT2D eigenvalue weighted by atomic mass is 35.5. The van der Waals surface area contributed by atoms with Crippen LogP contribution in [0.2, 0.25) is 5.02 Å². The molecule has 0 heterocycles. The highest BCUT2D eigenvalue weighted by Gasteiger charge is 2.06. The largest absolute Gasteiger partial charge is 0.382 e. The first kappa shape index (κ1) is 14.4. The van der Waals surface area contributed by atoms with Crippen LogP contribution in [0.3, 0.4) is 0 Å². The molecule has 1 N–H and O–H groups in total. The van der Waals surface area contributed by atoms with Gasteiger partial charge in [0.05, 0.1) is 17.7 Å². The number of ether oxygens (including phenoxy) is 2. The maximum Gasteiger partial charge on any atom is 0.142 e. The van der Waals surface area contributed by atoms with Gasteiger partial charge in [0.2, 0.25) is 0 Å². The molecule has 0 bridgehead atoms. The van der Waals surface area contributed by atoms with Crippen molar-refractivity contribution >= 4 is 11.6 Å². The van der Waals surface area contributed by atoms with Crippen molar-refractivity contribution in [2.45, 2.75) is 12.6 Å². The summed E-state index contributed by atoms with van der Waals surface area (Å²) in [6.07, 6.45) is -0.00264. The molecule has 17 heavy (non-hydrogen) atoms. The number of nitrogens with one attached hydrogen (secondary N) is 1. The van der Waals surface area contributed by atoms with Crippen LogP contribution in [0, 0.1) is 5.82 Å². The van der Waals surface area contributed by atoms with E-state index in [0.717, 1.165) is 5.56 Å². The monoisotopic (exact) mass is 261 g/mol. The van der Waals surface area contributed by atoms with Gasteiger partial charge in [0.25, 0.3) is 0 Å². The van der Waals surface area contributed by atoms with Crippen LogP contribution in [0.4, 0.5) is 4.39 Å². The highest BCUT2D eigenvalue weighted by molar-refractivity contribution is 6.30. The second-order valence-electron chi connectivity index (χ2n) is 3.69. The molecule has 1 atom stereocenters. The fourth-order valence-electron chi connectivity index (χ4n) is 1.42. The number of rotatable bonds is 7. The van der Waals surface area contributed by atoms with Crippen molar-refractivity contribution in [2.75, 3.05) is 27.4 Å². The summed E-state index contributed by atoms with van der Waals surface area (Å²) in [6, 6.07) is 4.76. The summed E-state index contributed by atoms with van der Waals surface area (Å²) in [5.74, 6) is -0.397. The Morgan fingerprint density at radius 1 is 1.41 bits per heavy atom. The van der Waals surface area contributed by atoms with Crippen LogP contribution in [0.25, 0.3) is 0 Å². The van der Waals surface area contributed by atoms with E-state index in [1.807, 2.05) is 0 Å². The highest BCUT2D eigenvalue weighted by Crippen LogP contribution is 2.15. The molecular formula is C12H17ClFNO2. The molecule has 1 unspecified atom stereocenters. The third kappa shape index (κ3) is 5.00. The van der Waals surface area contributed by atoms with Gasteiger partial charge in [-0.25, -0.2) is 4.39 Å². The van der Waals surface area contributed by atoms with Crippen molar-refractivity contribution in [2.24, 2.45) is 0 Å². The second kappa shape index (κ2) is 7.61. The van der Waals surface area contributed by atoms with Crippen molar-refractivity contribution in [1.82, 2.24) is 5.32 Å². The smallest absolute Gasteiger partial charge is 0.142 e. The number of halogens is 2. The Bertz CT molecular complexity index is 349. The topological polar surface area (TPSA) is 30.5 Å². The minimum absolute atomic E-state index is 0.00264. The summed E-state index contributed by atoms with van der Waals surface area (Å²) in [7, 11) is 3.26. The van der Waals surface area contributed by atoms with Gasteiger partial charge in [-0.05, 0) is 17.7 Å². The molecule has 1 aromatic rings. The van der Waals surface area contributed by atoms with E-state index < -0.39 is 5.82 Å². The van der Waals surface area contributed by atoms with E-state index in [2.05, 4.69) is 5.32 Å². The van der Waals surface area contributed by atoms with Gasteiger partial charge in [-0.3, -0.25) is 0 Å². The SMILES string of the molecule is COCC(CNCc1ccc(Cl)c(F)c1)OC. The first-order chi connectivity index (χ1) is 8.17. The van der Waals surface area contributed by atoms with E-state index in [0.29, 0.717) is 19.7 Å². The normalized spacial score (nSPS) is 12.7. The minimum atomic E-state index is -0.397. The number of hydrogen-bond acceptors (Lipinski definition) is 3. The lowest BCUT2D eigenvalue weighted by Gasteiger charge is -2.15. The molecule has 0 amide bonds. The third-order valence-electron chi connectivity index (χ3n) is 2.37. The number of methoxy groups -OCH3 is 2. The maximum atomic E-state index is 13.1. The lowest BCUT2D eigenvalue weighted by molar-refractivity contribution is 0.0288. The standard InChI is InChI=1S/C12H17ClFNO2/c1-16-8-10(17-2)7-15-6-9-3-4-11(13)12(14)5-9/h3-5,10,15H,6-8H2,1-2H3. The van der Waals surface area contributed by atoms with E-state index in [9.17, 15) is 4.39 Å². The molecular weight excluding hydrogens is 245 g/mol.